The number of carboxylic acids is 2. The van der Waals surface area contributed by atoms with Gasteiger partial charge in [0.15, 0.2) is 0 Å². The van der Waals surface area contributed by atoms with Gasteiger partial charge in [0, 0.05) is 23.5 Å². The Balaban J connectivity index is 1.60. The van der Waals surface area contributed by atoms with E-state index < -0.39 is 60.2 Å². The molecule has 212 valence electrons. The van der Waals surface area contributed by atoms with Gasteiger partial charge in [0.25, 0.3) is 0 Å². The van der Waals surface area contributed by atoms with Crippen molar-refractivity contribution in [1.82, 2.24) is 20.9 Å². The molecule has 4 atom stereocenters. The second kappa shape index (κ2) is 13.2. The number of fused-ring (bicyclic) bond motifs is 1. The Morgan fingerprint density at radius 2 is 1.50 bits per heavy atom. The minimum Gasteiger partial charge on any atom is -0.508 e. The minimum absolute atomic E-state index is 0.0240. The van der Waals surface area contributed by atoms with Crippen molar-refractivity contribution in [2.45, 2.75) is 50.4 Å². The summed E-state index contributed by atoms with van der Waals surface area (Å²) in [5.74, 6) is -5.35. The van der Waals surface area contributed by atoms with E-state index in [2.05, 4.69) is 20.9 Å². The summed E-state index contributed by atoms with van der Waals surface area (Å²) in [6, 6.07) is 7.90. The van der Waals surface area contributed by atoms with Gasteiger partial charge in [-0.1, -0.05) is 30.3 Å². The zero-order chi connectivity index (χ0) is 29.4. The molecule has 0 bridgehead atoms. The molecule has 0 aliphatic carbocycles. The van der Waals surface area contributed by atoms with Crippen LogP contribution in [0.3, 0.4) is 0 Å². The van der Waals surface area contributed by atoms with Crippen LogP contribution in [-0.2, 0) is 36.8 Å². The number of aromatic nitrogens is 1. The van der Waals surface area contributed by atoms with Crippen molar-refractivity contribution < 1.29 is 39.3 Å². The van der Waals surface area contributed by atoms with Crippen LogP contribution in [0.4, 0.5) is 0 Å². The standard InChI is InChI=1S/C27H31N5O8/c1-14(30-25(37)19(28)11-16-13-29-20-5-3-2-4-18(16)20)24(36)31-21(12-23(34)35)26(38)32-22(27(39)40)10-15-6-8-17(33)9-7-15/h2-9,13-14,19,21-22,29,33H,10-12,28H2,1H3,(H,30,37)(H,31,36)(H,32,38)(H,34,35)(H,39,40). The van der Waals surface area contributed by atoms with Crippen molar-refractivity contribution in [3.05, 3.63) is 65.9 Å². The molecule has 0 aliphatic heterocycles. The van der Waals surface area contributed by atoms with Gasteiger partial charge in [-0.2, -0.15) is 0 Å². The van der Waals surface area contributed by atoms with E-state index in [1.54, 1.807) is 6.20 Å². The molecule has 40 heavy (non-hydrogen) atoms. The number of phenols is 1. The van der Waals surface area contributed by atoms with E-state index >= 15 is 0 Å². The van der Waals surface area contributed by atoms with Crippen molar-refractivity contribution in [2.75, 3.05) is 0 Å². The fourth-order valence-corrected chi connectivity index (χ4v) is 4.04. The molecule has 1 heterocycles. The molecule has 3 rings (SSSR count). The number of aliphatic carboxylic acids is 2. The van der Waals surface area contributed by atoms with E-state index in [0.717, 1.165) is 16.5 Å². The Hall–Kier alpha value is -4.91. The molecule has 0 fully saturated rings. The summed E-state index contributed by atoms with van der Waals surface area (Å²) in [7, 11) is 0. The Morgan fingerprint density at radius 3 is 2.15 bits per heavy atom. The van der Waals surface area contributed by atoms with Crippen LogP contribution in [-0.4, -0.2) is 74.1 Å². The third-order valence-electron chi connectivity index (χ3n) is 6.21. The molecule has 0 spiro atoms. The number of para-hydroxylation sites is 1. The van der Waals surface area contributed by atoms with Gasteiger partial charge in [-0.05, 0) is 42.7 Å². The van der Waals surface area contributed by atoms with Gasteiger partial charge in [-0.3, -0.25) is 19.2 Å². The summed E-state index contributed by atoms with van der Waals surface area (Å²) in [4.78, 5) is 64.4. The Kier molecular flexibility index (Phi) is 9.81. The van der Waals surface area contributed by atoms with E-state index in [9.17, 15) is 39.3 Å². The van der Waals surface area contributed by atoms with Gasteiger partial charge in [0.05, 0.1) is 12.5 Å². The number of carbonyl (C=O) groups excluding carboxylic acids is 3. The second-order valence-electron chi connectivity index (χ2n) is 9.33. The van der Waals surface area contributed by atoms with E-state index in [1.807, 2.05) is 24.3 Å². The number of aromatic hydroxyl groups is 1. The van der Waals surface area contributed by atoms with Crippen LogP contribution in [0.25, 0.3) is 10.9 Å². The van der Waals surface area contributed by atoms with Crippen molar-refractivity contribution in [3.8, 4) is 5.75 Å². The SMILES string of the molecule is CC(NC(=O)C(N)Cc1c[nH]c2ccccc12)C(=O)NC(CC(=O)O)C(=O)NC(Cc1ccc(O)cc1)C(=O)O. The Labute approximate surface area is 228 Å². The highest BCUT2D eigenvalue weighted by Crippen LogP contribution is 2.19. The van der Waals surface area contributed by atoms with Crippen LogP contribution >= 0.6 is 0 Å². The summed E-state index contributed by atoms with van der Waals surface area (Å²) in [6.07, 6.45) is 0.945. The van der Waals surface area contributed by atoms with Gasteiger partial charge in [0.2, 0.25) is 17.7 Å². The maximum atomic E-state index is 12.8. The quantitative estimate of drug-likeness (QED) is 0.143. The van der Waals surface area contributed by atoms with Gasteiger partial charge in [0.1, 0.15) is 23.9 Å². The Bertz CT molecular complexity index is 1390. The average molecular weight is 554 g/mol. The first kappa shape index (κ1) is 29.6. The van der Waals surface area contributed by atoms with Crippen molar-refractivity contribution in [2.24, 2.45) is 5.73 Å². The highest BCUT2D eigenvalue weighted by Gasteiger charge is 2.30. The molecule has 2 aromatic carbocycles. The number of aromatic amines is 1. The molecule has 3 aromatic rings. The van der Waals surface area contributed by atoms with Crippen LogP contribution in [0, 0.1) is 0 Å². The highest BCUT2D eigenvalue weighted by atomic mass is 16.4. The maximum Gasteiger partial charge on any atom is 0.326 e. The molecule has 3 amide bonds. The predicted molar refractivity (Wildman–Crippen MR) is 143 cm³/mol. The summed E-state index contributed by atoms with van der Waals surface area (Å²) >= 11 is 0. The third kappa shape index (κ3) is 8.04. The fraction of sp³-hybridized carbons (Fsp3) is 0.296. The third-order valence-corrected chi connectivity index (χ3v) is 6.21. The minimum atomic E-state index is -1.62. The largest absolute Gasteiger partial charge is 0.508 e. The molecule has 13 heteroatoms. The monoisotopic (exact) mass is 553 g/mol. The molecule has 0 saturated heterocycles. The lowest BCUT2D eigenvalue weighted by Crippen LogP contribution is -2.57. The first-order chi connectivity index (χ1) is 18.9. The first-order valence-corrected chi connectivity index (χ1v) is 12.4. The summed E-state index contributed by atoms with van der Waals surface area (Å²) in [6.45, 7) is 1.34. The first-order valence-electron chi connectivity index (χ1n) is 12.4. The maximum absolute atomic E-state index is 12.8. The lowest BCUT2D eigenvalue weighted by Gasteiger charge is -2.23. The molecular formula is C27H31N5O8. The molecule has 0 saturated carbocycles. The number of hydrogen-bond acceptors (Lipinski definition) is 7. The Morgan fingerprint density at radius 1 is 0.850 bits per heavy atom. The van der Waals surface area contributed by atoms with E-state index in [4.69, 9.17) is 5.73 Å². The number of hydrogen-bond donors (Lipinski definition) is 8. The van der Waals surface area contributed by atoms with Crippen molar-refractivity contribution >= 4 is 40.6 Å². The zero-order valence-electron chi connectivity index (χ0n) is 21.6. The van der Waals surface area contributed by atoms with E-state index in [1.165, 1.54) is 31.2 Å². The molecule has 1 aromatic heterocycles. The predicted octanol–water partition coefficient (Wildman–Crippen LogP) is 0.0196. The van der Waals surface area contributed by atoms with Gasteiger partial charge >= 0.3 is 11.9 Å². The molecule has 4 unspecified atom stereocenters. The number of carbonyl (C=O) groups is 5. The zero-order valence-corrected chi connectivity index (χ0v) is 21.6. The molecular weight excluding hydrogens is 522 g/mol. The summed E-state index contributed by atoms with van der Waals surface area (Å²) in [5.41, 5.74) is 8.24. The topological polar surface area (TPSA) is 224 Å². The van der Waals surface area contributed by atoms with E-state index in [0.29, 0.717) is 5.56 Å². The van der Waals surface area contributed by atoms with Crippen LogP contribution in [0.5, 0.6) is 5.75 Å². The number of carboxylic acid groups (broad SMARTS) is 2. The molecule has 0 aliphatic rings. The summed E-state index contributed by atoms with van der Waals surface area (Å²) < 4.78 is 0. The van der Waals surface area contributed by atoms with Crippen LogP contribution < -0.4 is 21.7 Å². The van der Waals surface area contributed by atoms with Crippen LogP contribution in [0.1, 0.15) is 24.5 Å². The fourth-order valence-electron chi connectivity index (χ4n) is 4.04. The molecule has 13 nitrogen and oxygen atoms in total. The number of benzene rings is 2. The van der Waals surface area contributed by atoms with Crippen molar-refractivity contribution in [1.29, 1.82) is 0 Å². The van der Waals surface area contributed by atoms with Gasteiger partial charge < -0.3 is 42.0 Å². The highest BCUT2D eigenvalue weighted by molar-refractivity contribution is 5.95. The average Bonchev–Trinajstić information content (AvgIpc) is 3.31. The summed E-state index contributed by atoms with van der Waals surface area (Å²) in [5, 5.41) is 36.0. The van der Waals surface area contributed by atoms with Crippen LogP contribution in [0.15, 0.2) is 54.7 Å². The number of rotatable bonds is 13. The lowest BCUT2D eigenvalue weighted by atomic mass is 10.0. The van der Waals surface area contributed by atoms with Gasteiger partial charge in [-0.15, -0.1) is 0 Å². The number of phenolic OH excluding ortho intramolecular Hbond substituents is 1. The second-order valence-corrected chi connectivity index (χ2v) is 9.33. The van der Waals surface area contributed by atoms with Crippen molar-refractivity contribution in [3.63, 3.8) is 0 Å². The van der Waals surface area contributed by atoms with Gasteiger partial charge in [-0.25, -0.2) is 4.79 Å². The van der Waals surface area contributed by atoms with E-state index in [-0.39, 0.29) is 18.6 Å². The lowest BCUT2D eigenvalue weighted by molar-refractivity contribution is -0.143. The van der Waals surface area contributed by atoms with Crippen LogP contribution in [0.2, 0.25) is 0 Å². The smallest absolute Gasteiger partial charge is 0.326 e. The number of amides is 3. The number of H-pyrrole nitrogens is 1. The molecule has 0 radical (unpaired) electrons. The molecule has 9 N–H and O–H groups in total. The normalized spacial score (nSPS) is 13.9. The number of nitrogens with one attached hydrogen (secondary N) is 4. The number of nitrogens with two attached hydrogens (primary N) is 1.